The van der Waals surface area contributed by atoms with Crippen molar-refractivity contribution in [2.75, 3.05) is 0 Å². The van der Waals surface area contributed by atoms with Crippen LogP contribution in [-0.4, -0.2) is 11.6 Å². The second kappa shape index (κ2) is 4.03. The van der Waals surface area contributed by atoms with Crippen molar-refractivity contribution >= 4 is 11.6 Å². The summed E-state index contributed by atoms with van der Waals surface area (Å²) >= 11 is 0. The number of ketones is 2. The molecule has 1 atom stereocenters. The molecule has 1 aliphatic carbocycles. The van der Waals surface area contributed by atoms with Gasteiger partial charge >= 0.3 is 0 Å². The van der Waals surface area contributed by atoms with E-state index in [2.05, 4.69) is 0 Å². The number of fused-ring (bicyclic) bond motifs is 1. The minimum Gasteiger partial charge on any atom is -0.289 e. The van der Waals surface area contributed by atoms with Crippen molar-refractivity contribution in [3.05, 3.63) is 47.0 Å². The SMILES string of the molecule is N#C/C=C(\C#N)C1C(=O)C(=O)c2ccccc21. The van der Waals surface area contributed by atoms with E-state index in [1.165, 1.54) is 0 Å². The summed E-state index contributed by atoms with van der Waals surface area (Å²) in [7, 11) is 0. The van der Waals surface area contributed by atoms with Crippen molar-refractivity contribution in [3.8, 4) is 12.1 Å². The maximum absolute atomic E-state index is 11.8. The highest BCUT2D eigenvalue weighted by atomic mass is 16.2. The molecule has 1 unspecified atom stereocenters. The Kier molecular flexibility index (Phi) is 2.56. The number of carbonyl (C=O) groups is 2. The molecule has 1 aromatic rings. The van der Waals surface area contributed by atoms with Gasteiger partial charge in [0.15, 0.2) is 0 Å². The van der Waals surface area contributed by atoms with Crippen LogP contribution < -0.4 is 0 Å². The fraction of sp³-hybridized carbons (Fsp3) is 0.0769. The van der Waals surface area contributed by atoms with Gasteiger partial charge in [0, 0.05) is 11.6 Å². The molecule has 0 saturated carbocycles. The van der Waals surface area contributed by atoms with Gasteiger partial charge in [0.25, 0.3) is 0 Å². The fourth-order valence-electron chi connectivity index (χ4n) is 1.92. The third-order valence-electron chi connectivity index (χ3n) is 2.66. The number of rotatable bonds is 1. The molecule has 0 amide bonds. The molecule has 0 heterocycles. The van der Waals surface area contributed by atoms with E-state index in [1.807, 2.05) is 0 Å². The smallest absolute Gasteiger partial charge is 0.229 e. The van der Waals surface area contributed by atoms with Crippen molar-refractivity contribution in [1.29, 1.82) is 10.5 Å². The number of hydrogen-bond donors (Lipinski definition) is 0. The van der Waals surface area contributed by atoms with Crippen LogP contribution >= 0.6 is 0 Å². The van der Waals surface area contributed by atoms with Crippen LogP contribution in [0.4, 0.5) is 0 Å². The third kappa shape index (κ3) is 1.53. The average molecular weight is 222 g/mol. The monoisotopic (exact) mass is 222 g/mol. The summed E-state index contributed by atoms with van der Waals surface area (Å²) in [6.45, 7) is 0. The van der Waals surface area contributed by atoms with Crippen LogP contribution in [0.1, 0.15) is 21.8 Å². The number of hydrogen-bond acceptors (Lipinski definition) is 4. The van der Waals surface area contributed by atoms with Crippen molar-refractivity contribution in [2.24, 2.45) is 0 Å². The first kappa shape index (κ1) is 10.8. The standard InChI is InChI=1S/C13H6N2O2/c14-6-5-8(7-15)11-9-3-1-2-4-10(9)12(16)13(11)17/h1-5,11H/b8-5+. The Labute approximate surface area is 97.4 Å². The van der Waals surface area contributed by atoms with Crippen molar-refractivity contribution in [2.45, 2.75) is 5.92 Å². The lowest BCUT2D eigenvalue weighted by Gasteiger charge is -2.05. The predicted octanol–water partition coefficient (Wildman–Crippen LogP) is 1.51. The molecule has 0 radical (unpaired) electrons. The topological polar surface area (TPSA) is 81.7 Å². The lowest BCUT2D eigenvalue weighted by atomic mass is 9.92. The maximum Gasteiger partial charge on any atom is 0.229 e. The van der Waals surface area contributed by atoms with Crippen LogP contribution in [0.2, 0.25) is 0 Å². The molecule has 0 aliphatic heterocycles. The lowest BCUT2D eigenvalue weighted by molar-refractivity contribution is -0.115. The van der Waals surface area contributed by atoms with E-state index in [9.17, 15) is 9.59 Å². The molecule has 80 valence electrons. The number of carbonyl (C=O) groups excluding carboxylic acids is 2. The molecular formula is C13H6N2O2. The van der Waals surface area contributed by atoms with Gasteiger partial charge in [-0.2, -0.15) is 10.5 Å². The summed E-state index contributed by atoms with van der Waals surface area (Å²) in [5.74, 6) is -2.15. The van der Waals surface area contributed by atoms with Gasteiger partial charge in [-0.1, -0.05) is 24.3 Å². The Morgan fingerprint density at radius 2 is 1.94 bits per heavy atom. The minimum atomic E-state index is -0.914. The second-order valence-corrected chi connectivity index (χ2v) is 3.55. The van der Waals surface area contributed by atoms with E-state index in [0.717, 1.165) is 6.08 Å². The average Bonchev–Trinajstić information content (AvgIpc) is 2.61. The molecule has 0 bridgehead atoms. The van der Waals surface area contributed by atoms with Crippen LogP contribution in [0.25, 0.3) is 0 Å². The lowest BCUT2D eigenvalue weighted by Crippen LogP contribution is -2.13. The van der Waals surface area contributed by atoms with Crippen LogP contribution in [0.3, 0.4) is 0 Å². The summed E-state index contributed by atoms with van der Waals surface area (Å²) in [4.78, 5) is 23.4. The van der Waals surface area contributed by atoms with Gasteiger partial charge < -0.3 is 0 Å². The number of nitriles is 2. The zero-order valence-corrected chi connectivity index (χ0v) is 8.68. The second-order valence-electron chi connectivity index (χ2n) is 3.55. The molecule has 4 heteroatoms. The van der Waals surface area contributed by atoms with Gasteiger partial charge in [-0.15, -0.1) is 0 Å². The number of Topliss-reactive ketones (excluding diaryl/α,β-unsaturated/α-hetero) is 2. The third-order valence-corrected chi connectivity index (χ3v) is 2.66. The van der Waals surface area contributed by atoms with E-state index >= 15 is 0 Å². The van der Waals surface area contributed by atoms with Gasteiger partial charge in [0.2, 0.25) is 11.6 Å². The molecule has 0 saturated heterocycles. The van der Waals surface area contributed by atoms with Crippen molar-refractivity contribution < 1.29 is 9.59 Å². The predicted molar refractivity (Wildman–Crippen MR) is 57.8 cm³/mol. The normalized spacial score (nSPS) is 18.5. The van der Waals surface area contributed by atoms with Gasteiger partial charge in [-0.3, -0.25) is 9.59 Å². The maximum atomic E-state index is 11.8. The molecule has 1 aromatic carbocycles. The number of nitrogens with zero attached hydrogens (tertiary/aromatic N) is 2. The first-order valence-corrected chi connectivity index (χ1v) is 4.88. The van der Waals surface area contributed by atoms with Gasteiger partial charge in [-0.05, 0) is 5.56 Å². The zero-order valence-electron chi connectivity index (χ0n) is 8.68. The van der Waals surface area contributed by atoms with E-state index < -0.39 is 17.5 Å². The first-order chi connectivity index (χ1) is 8.20. The molecule has 4 nitrogen and oxygen atoms in total. The van der Waals surface area contributed by atoms with E-state index in [1.54, 1.807) is 36.4 Å². The Morgan fingerprint density at radius 1 is 1.24 bits per heavy atom. The highest BCUT2D eigenvalue weighted by molar-refractivity contribution is 6.49. The molecule has 0 N–H and O–H groups in total. The zero-order chi connectivity index (χ0) is 12.4. The molecular weight excluding hydrogens is 216 g/mol. The number of allylic oxidation sites excluding steroid dienone is 2. The largest absolute Gasteiger partial charge is 0.289 e. The summed E-state index contributed by atoms with van der Waals surface area (Å²) < 4.78 is 0. The summed E-state index contributed by atoms with van der Waals surface area (Å²) in [6, 6.07) is 10.1. The Morgan fingerprint density at radius 3 is 2.59 bits per heavy atom. The molecule has 0 spiro atoms. The molecule has 1 aliphatic rings. The van der Waals surface area contributed by atoms with Crippen LogP contribution in [-0.2, 0) is 4.79 Å². The quantitative estimate of drug-likeness (QED) is 0.532. The van der Waals surface area contributed by atoms with Gasteiger partial charge in [-0.25, -0.2) is 0 Å². The summed E-state index contributed by atoms with van der Waals surface area (Å²) in [5, 5.41) is 17.5. The van der Waals surface area contributed by atoms with Crippen molar-refractivity contribution in [3.63, 3.8) is 0 Å². The molecule has 0 aromatic heterocycles. The van der Waals surface area contributed by atoms with Gasteiger partial charge in [0.05, 0.1) is 23.6 Å². The van der Waals surface area contributed by atoms with E-state index in [-0.39, 0.29) is 5.57 Å². The molecule has 0 fully saturated rings. The highest BCUT2D eigenvalue weighted by Gasteiger charge is 2.40. The molecule has 2 rings (SSSR count). The first-order valence-electron chi connectivity index (χ1n) is 4.88. The summed E-state index contributed by atoms with van der Waals surface area (Å²) in [6.07, 6.45) is 1.01. The van der Waals surface area contributed by atoms with E-state index in [4.69, 9.17) is 10.5 Å². The van der Waals surface area contributed by atoms with Crippen LogP contribution in [0.5, 0.6) is 0 Å². The van der Waals surface area contributed by atoms with E-state index in [0.29, 0.717) is 11.1 Å². The summed E-state index contributed by atoms with van der Waals surface area (Å²) in [5.41, 5.74) is 0.836. The Balaban J connectivity index is 2.63. The number of benzene rings is 1. The fourth-order valence-corrected chi connectivity index (χ4v) is 1.92. The Bertz CT molecular complexity index is 630. The molecule has 17 heavy (non-hydrogen) atoms. The highest BCUT2D eigenvalue weighted by Crippen LogP contribution is 2.35. The minimum absolute atomic E-state index is 0.0100. The van der Waals surface area contributed by atoms with Gasteiger partial charge in [0.1, 0.15) is 0 Å². The Hall–Kier alpha value is -2.72. The van der Waals surface area contributed by atoms with Crippen LogP contribution in [0.15, 0.2) is 35.9 Å². The van der Waals surface area contributed by atoms with Crippen LogP contribution in [0, 0.1) is 22.7 Å². The van der Waals surface area contributed by atoms with Crippen molar-refractivity contribution in [1.82, 2.24) is 0 Å².